The Morgan fingerprint density at radius 1 is 0.667 bits per heavy atom. The van der Waals surface area contributed by atoms with Crippen LogP contribution in [0.3, 0.4) is 0 Å². The van der Waals surface area contributed by atoms with E-state index in [4.69, 9.17) is 0 Å². The molecule has 0 fully saturated rings. The lowest BCUT2D eigenvalue weighted by molar-refractivity contribution is -0.430. The Labute approximate surface area is 203 Å². The van der Waals surface area contributed by atoms with Crippen molar-refractivity contribution < 1.29 is 19.6 Å². The van der Waals surface area contributed by atoms with Gasteiger partial charge in [0.1, 0.15) is 0 Å². The molecular formula is C26H15N3O7. The Kier molecular flexibility index (Phi) is 5.33. The van der Waals surface area contributed by atoms with E-state index in [2.05, 4.69) is 48.5 Å². The van der Waals surface area contributed by atoms with Gasteiger partial charge in [0.25, 0.3) is 17.2 Å². The first-order valence-corrected chi connectivity index (χ1v) is 10.7. The van der Waals surface area contributed by atoms with Gasteiger partial charge in [-0.2, -0.15) is 0 Å². The van der Waals surface area contributed by atoms with Crippen LogP contribution in [0.5, 0.6) is 0 Å². The normalized spacial score (nSPS) is 14.4. The summed E-state index contributed by atoms with van der Waals surface area (Å²) in [6.07, 6.45) is 2.91. The van der Waals surface area contributed by atoms with Crippen LogP contribution < -0.4 is 0 Å². The second kappa shape index (κ2) is 8.51. The Balaban J connectivity index is 0.000000172. The molecule has 0 spiro atoms. The van der Waals surface area contributed by atoms with Gasteiger partial charge in [0.2, 0.25) is 0 Å². The molecule has 0 N–H and O–H groups in total. The number of allylic oxidation sites excluding steroid dienone is 3. The van der Waals surface area contributed by atoms with Crippen molar-refractivity contribution in [3.8, 4) is 11.1 Å². The zero-order valence-electron chi connectivity index (χ0n) is 18.4. The number of hydrogen-bond acceptors (Lipinski definition) is 7. The van der Waals surface area contributed by atoms with Crippen molar-refractivity contribution in [1.82, 2.24) is 0 Å². The monoisotopic (exact) mass is 481 g/mol. The summed E-state index contributed by atoms with van der Waals surface area (Å²) in [5.74, 6) is -0.963. The summed E-state index contributed by atoms with van der Waals surface area (Å²) in [5, 5.41) is 32.9. The Morgan fingerprint density at radius 2 is 1.28 bits per heavy atom. The lowest BCUT2D eigenvalue weighted by atomic mass is 9.92. The minimum atomic E-state index is -0.991. The summed E-state index contributed by atoms with van der Waals surface area (Å²) in [6, 6.07) is 20.9. The maximum atomic E-state index is 12.1. The molecule has 3 aromatic carbocycles. The number of fused-ring (bicyclic) bond motifs is 6. The molecule has 176 valence electrons. The zero-order chi connectivity index (χ0) is 25.6. The first kappa shape index (κ1) is 22.5. The van der Waals surface area contributed by atoms with Crippen LogP contribution in [0.4, 0.5) is 5.69 Å². The number of benzene rings is 3. The molecular weight excluding hydrogens is 466 g/mol. The quantitative estimate of drug-likeness (QED) is 0.296. The highest BCUT2D eigenvalue weighted by Crippen LogP contribution is 2.43. The topological polar surface area (TPSA) is 146 Å². The summed E-state index contributed by atoms with van der Waals surface area (Å²) in [7, 11) is 0. The molecule has 0 aromatic heterocycles. The zero-order valence-corrected chi connectivity index (χ0v) is 18.4. The number of carbonyl (C=O) groups is 1. The average molecular weight is 481 g/mol. The fourth-order valence-corrected chi connectivity index (χ4v) is 4.60. The number of non-ortho nitro benzene ring substituents is 1. The van der Waals surface area contributed by atoms with Crippen LogP contribution in [0.2, 0.25) is 0 Å². The lowest BCUT2D eigenvalue weighted by Gasteiger charge is -2.10. The Morgan fingerprint density at radius 3 is 1.83 bits per heavy atom. The van der Waals surface area contributed by atoms with E-state index >= 15 is 0 Å². The second-order valence-corrected chi connectivity index (χ2v) is 8.21. The molecule has 0 radical (unpaired) electrons. The van der Waals surface area contributed by atoms with E-state index in [0.717, 1.165) is 18.6 Å². The maximum absolute atomic E-state index is 12.1. The second-order valence-electron chi connectivity index (χ2n) is 8.21. The Hall–Kier alpha value is -5.25. The summed E-state index contributed by atoms with van der Waals surface area (Å²) in [4.78, 5) is 42.5. The highest BCUT2D eigenvalue weighted by atomic mass is 16.6. The average Bonchev–Trinajstić information content (AvgIpc) is 3.43. The Bertz CT molecular complexity index is 1570. The van der Waals surface area contributed by atoms with Crippen LogP contribution >= 0.6 is 0 Å². The third-order valence-electron chi connectivity index (χ3n) is 6.19. The smallest absolute Gasteiger partial charge is 0.282 e. The minimum absolute atomic E-state index is 0.0597. The molecule has 0 saturated heterocycles. The van der Waals surface area contributed by atoms with Gasteiger partial charge in [-0.15, -0.1) is 0 Å². The van der Waals surface area contributed by atoms with Gasteiger partial charge >= 0.3 is 5.70 Å². The van der Waals surface area contributed by atoms with E-state index < -0.39 is 31.9 Å². The molecule has 36 heavy (non-hydrogen) atoms. The highest BCUT2D eigenvalue weighted by molar-refractivity contribution is 6.25. The standard InChI is InChI=1S/C13H5N3O7.C13H10/c17-13-9-4-6-3-7(14(18)19)1-2-8(6)12(9)10(15(20)21)5-11(13)16(22)23;1-3-7-12-10(5-1)9-11-6-2-4-8-13(11)12/h1-5H;1-8H,9H2. The van der Waals surface area contributed by atoms with Crippen molar-refractivity contribution in [2.24, 2.45) is 0 Å². The summed E-state index contributed by atoms with van der Waals surface area (Å²) < 4.78 is 0. The van der Waals surface area contributed by atoms with Crippen LogP contribution in [-0.4, -0.2) is 20.6 Å². The molecule has 0 aliphatic heterocycles. The summed E-state index contributed by atoms with van der Waals surface area (Å²) in [6.45, 7) is 0. The SMILES string of the molecule is O=C1C2=Cc3cc([N+](=O)[O-])ccc3C2=C([N+](=O)[O-])C=C1[N+](=O)[O-].c1ccc2c(c1)Cc1ccccc1-2. The van der Waals surface area contributed by atoms with Crippen LogP contribution in [-0.2, 0) is 11.2 Å². The van der Waals surface area contributed by atoms with E-state index in [1.54, 1.807) is 0 Å². The molecule has 0 unspecified atom stereocenters. The molecule has 6 rings (SSSR count). The largest absolute Gasteiger partial charge is 0.323 e. The highest BCUT2D eigenvalue weighted by Gasteiger charge is 2.42. The van der Waals surface area contributed by atoms with Gasteiger partial charge in [-0.1, -0.05) is 48.5 Å². The van der Waals surface area contributed by atoms with Gasteiger partial charge in [-0.25, -0.2) is 0 Å². The molecule has 3 aliphatic carbocycles. The first-order valence-electron chi connectivity index (χ1n) is 10.7. The fraction of sp³-hybridized carbons (Fsp3) is 0.0385. The predicted molar refractivity (Wildman–Crippen MR) is 130 cm³/mol. The number of nitro groups is 3. The van der Waals surface area contributed by atoms with Crippen molar-refractivity contribution in [3.05, 3.63) is 142 Å². The summed E-state index contributed by atoms with van der Waals surface area (Å²) >= 11 is 0. The van der Waals surface area contributed by atoms with E-state index in [9.17, 15) is 35.1 Å². The predicted octanol–water partition coefficient (Wildman–Crippen LogP) is 4.98. The number of ketones is 1. The van der Waals surface area contributed by atoms with Crippen molar-refractivity contribution in [2.45, 2.75) is 6.42 Å². The fourth-order valence-electron chi connectivity index (χ4n) is 4.60. The van der Waals surface area contributed by atoms with Gasteiger partial charge < -0.3 is 0 Å². The van der Waals surface area contributed by atoms with Gasteiger partial charge in [-0.05, 0) is 51.9 Å². The molecule has 0 bridgehead atoms. The van der Waals surface area contributed by atoms with Crippen LogP contribution in [0.25, 0.3) is 22.8 Å². The number of rotatable bonds is 3. The van der Waals surface area contributed by atoms with Crippen LogP contribution in [0.1, 0.15) is 22.3 Å². The van der Waals surface area contributed by atoms with Crippen molar-refractivity contribution in [3.63, 3.8) is 0 Å². The van der Waals surface area contributed by atoms with E-state index in [0.29, 0.717) is 6.08 Å². The maximum Gasteiger partial charge on any atom is 0.323 e. The number of carbonyl (C=O) groups excluding carboxylic acids is 1. The third kappa shape index (κ3) is 3.66. The lowest BCUT2D eigenvalue weighted by Crippen LogP contribution is -2.20. The van der Waals surface area contributed by atoms with Crippen LogP contribution in [0, 0.1) is 30.3 Å². The molecule has 10 heteroatoms. The van der Waals surface area contributed by atoms with Gasteiger partial charge in [-0.3, -0.25) is 35.1 Å². The molecule has 3 aliphatic rings. The van der Waals surface area contributed by atoms with Gasteiger partial charge in [0, 0.05) is 17.7 Å². The first-order chi connectivity index (χ1) is 17.3. The van der Waals surface area contributed by atoms with E-state index in [1.807, 2.05) is 0 Å². The number of nitro benzene ring substituents is 1. The minimum Gasteiger partial charge on any atom is -0.282 e. The number of nitrogens with zero attached hydrogens (tertiary/aromatic N) is 3. The van der Waals surface area contributed by atoms with E-state index in [-0.39, 0.29) is 28.0 Å². The molecule has 10 nitrogen and oxygen atoms in total. The molecule has 0 amide bonds. The van der Waals surface area contributed by atoms with Crippen molar-refractivity contribution >= 4 is 23.1 Å². The van der Waals surface area contributed by atoms with E-state index in [1.165, 1.54) is 34.4 Å². The third-order valence-corrected chi connectivity index (χ3v) is 6.19. The number of hydrogen-bond donors (Lipinski definition) is 0. The van der Waals surface area contributed by atoms with Crippen LogP contribution in [0.15, 0.2) is 89.8 Å². The molecule has 0 atom stereocenters. The van der Waals surface area contributed by atoms with Crippen molar-refractivity contribution in [2.75, 3.05) is 0 Å². The summed E-state index contributed by atoms with van der Waals surface area (Å²) in [5.41, 5.74) is 4.22. The number of Topliss-reactive ketones (excluding diaryl/α,β-unsaturated/α-hetero) is 1. The van der Waals surface area contributed by atoms with Gasteiger partial charge in [0.15, 0.2) is 0 Å². The molecule has 3 aromatic rings. The van der Waals surface area contributed by atoms with Gasteiger partial charge in [0.05, 0.1) is 26.4 Å². The van der Waals surface area contributed by atoms with Crippen molar-refractivity contribution in [1.29, 1.82) is 0 Å². The molecule has 0 heterocycles. The molecule has 0 saturated carbocycles.